The topological polar surface area (TPSA) is 84.0 Å². The van der Waals surface area contributed by atoms with Crippen LogP contribution in [0.4, 0.5) is 5.69 Å². The van der Waals surface area contributed by atoms with E-state index in [1.807, 2.05) is 0 Å². The number of hydrogen-bond acceptors (Lipinski definition) is 4. The summed E-state index contributed by atoms with van der Waals surface area (Å²) >= 11 is 0. The second-order valence-corrected chi connectivity index (χ2v) is 2.68. The fraction of sp³-hybridized carbons (Fsp3) is 0. The molecular weight excluding hydrogens is 196 g/mol. The molecule has 0 amide bonds. The Balaban J connectivity index is 3.12. The van der Waals surface area contributed by atoms with Gasteiger partial charge in [0.15, 0.2) is 6.29 Å². The first kappa shape index (κ1) is 10.6. The molecule has 0 spiro atoms. The minimum atomic E-state index is -0.537. The minimum Gasteiger partial charge on any atom is -0.297 e. The number of nitro groups is 1. The van der Waals surface area contributed by atoms with Gasteiger partial charge in [0.2, 0.25) is 0 Å². The van der Waals surface area contributed by atoms with Crippen molar-refractivity contribution in [2.75, 3.05) is 0 Å². The van der Waals surface area contributed by atoms with Gasteiger partial charge in [-0.1, -0.05) is 12.1 Å². The van der Waals surface area contributed by atoms with Gasteiger partial charge < -0.3 is 0 Å². The average Bonchev–Trinajstić information content (AvgIpc) is 2.26. The predicted octanol–water partition coefficient (Wildman–Crippen LogP) is 1.70. The monoisotopic (exact) mass is 202 g/mol. The van der Waals surface area contributed by atoms with Crippen molar-refractivity contribution in [3.8, 4) is 6.07 Å². The summed E-state index contributed by atoms with van der Waals surface area (Å²) in [6.07, 6.45) is 1.69. The molecule has 5 nitrogen and oxygen atoms in total. The normalized spacial score (nSPS) is 10.5. The molecule has 0 aliphatic heterocycles. The van der Waals surface area contributed by atoms with Crippen molar-refractivity contribution in [1.82, 2.24) is 0 Å². The summed E-state index contributed by atoms with van der Waals surface area (Å²) in [5.41, 5.74) is 0.301. The van der Waals surface area contributed by atoms with Crippen LogP contribution in [-0.2, 0) is 4.79 Å². The highest BCUT2D eigenvalue weighted by molar-refractivity contribution is 5.86. The van der Waals surface area contributed by atoms with E-state index >= 15 is 0 Å². The van der Waals surface area contributed by atoms with Gasteiger partial charge in [0.1, 0.15) is 6.07 Å². The molecule has 0 radical (unpaired) electrons. The minimum absolute atomic E-state index is 0.0736. The van der Waals surface area contributed by atoms with Crippen LogP contribution >= 0.6 is 0 Å². The van der Waals surface area contributed by atoms with Crippen LogP contribution in [0, 0.1) is 21.4 Å². The lowest BCUT2D eigenvalue weighted by atomic mass is 10.1. The molecule has 0 aliphatic rings. The maximum Gasteiger partial charge on any atom is 0.270 e. The van der Waals surface area contributed by atoms with Gasteiger partial charge >= 0.3 is 0 Å². The molecule has 5 heteroatoms. The van der Waals surface area contributed by atoms with Crippen LogP contribution in [-0.4, -0.2) is 11.2 Å². The van der Waals surface area contributed by atoms with Crippen LogP contribution in [0.1, 0.15) is 5.56 Å². The van der Waals surface area contributed by atoms with E-state index in [-0.39, 0.29) is 11.3 Å². The van der Waals surface area contributed by atoms with Gasteiger partial charge in [0, 0.05) is 12.1 Å². The molecule has 0 unspecified atom stereocenters. The van der Waals surface area contributed by atoms with Gasteiger partial charge in [-0.05, 0) is 11.6 Å². The fourth-order valence-electron chi connectivity index (χ4n) is 1.00. The second kappa shape index (κ2) is 4.67. The second-order valence-electron chi connectivity index (χ2n) is 2.68. The van der Waals surface area contributed by atoms with E-state index in [9.17, 15) is 14.9 Å². The van der Waals surface area contributed by atoms with Crippen LogP contribution in [0.5, 0.6) is 0 Å². The largest absolute Gasteiger partial charge is 0.297 e. The van der Waals surface area contributed by atoms with E-state index in [1.54, 1.807) is 12.1 Å². The molecule has 0 heterocycles. The van der Waals surface area contributed by atoms with Gasteiger partial charge in [-0.25, -0.2) is 0 Å². The molecule has 0 fully saturated rings. The number of hydrogen-bond donors (Lipinski definition) is 0. The third-order valence-corrected chi connectivity index (χ3v) is 1.66. The van der Waals surface area contributed by atoms with E-state index in [4.69, 9.17) is 5.26 Å². The van der Waals surface area contributed by atoms with Crippen LogP contribution < -0.4 is 0 Å². The summed E-state index contributed by atoms with van der Waals surface area (Å²) in [6.45, 7) is 0. The summed E-state index contributed by atoms with van der Waals surface area (Å²) in [4.78, 5) is 20.2. The molecule has 0 saturated heterocycles. The molecule has 1 rings (SSSR count). The third kappa shape index (κ3) is 2.74. The first-order valence-corrected chi connectivity index (χ1v) is 3.99. The van der Waals surface area contributed by atoms with Crippen LogP contribution in [0.25, 0.3) is 6.08 Å². The maximum absolute atomic E-state index is 10.4. The van der Waals surface area contributed by atoms with E-state index in [1.165, 1.54) is 24.3 Å². The molecule has 0 N–H and O–H groups in total. The summed E-state index contributed by atoms with van der Waals surface area (Å²) in [5.74, 6) is 0. The Hall–Kier alpha value is -2.48. The Morgan fingerprint density at radius 3 is 2.80 bits per heavy atom. The van der Waals surface area contributed by atoms with E-state index in [0.29, 0.717) is 11.8 Å². The van der Waals surface area contributed by atoms with E-state index < -0.39 is 4.92 Å². The van der Waals surface area contributed by atoms with Crippen LogP contribution in [0.3, 0.4) is 0 Å². The molecule has 0 bridgehead atoms. The van der Waals surface area contributed by atoms with Crippen molar-refractivity contribution in [2.24, 2.45) is 0 Å². The molecule has 74 valence electrons. The van der Waals surface area contributed by atoms with E-state index in [2.05, 4.69) is 0 Å². The van der Waals surface area contributed by atoms with Crippen molar-refractivity contribution in [3.63, 3.8) is 0 Å². The summed E-state index contributed by atoms with van der Waals surface area (Å²) in [7, 11) is 0. The number of nitrogens with zero attached hydrogens (tertiary/aromatic N) is 2. The smallest absolute Gasteiger partial charge is 0.270 e. The number of aldehydes is 1. The quantitative estimate of drug-likeness (QED) is 0.245. The zero-order chi connectivity index (χ0) is 11.3. The fourth-order valence-corrected chi connectivity index (χ4v) is 1.00. The molecule has 15 heavy (non-hydrogen) atoms. The SMILES string of the molecule is N#C/C(C=O)=C\c1cccc([N+](=O)[O-])c1. The molecule has 1 aromatic carbocycles. The molecule has 0 saturated carbocycles. The van der Waals surface area contributed by atoms with Gasteiger partial charge in [-0.15, -0.1) is 0 Å². The number of rotatable bonds is 3. The highest BCUT2D eigenvalue weighted by Gasteiger charge is 2.04. The first-order chi connectivity index (χ1) is 7.17. The van der Waals surface area contributed by atoms with Crippen LogP contribution in [0.15, 0.2) is 29.8 Å². The molecule has 0 aromatic heterocycles. The first-order valence-electron chi connectivity index (χ1n) is 3.99. The van der Waals surface area contributed by atoms with E-state index in [0.717, 1.165) is 0 Å². The average molecular weight is 202 g/mol. The number of allylic oxidation sites excluding steroid dienone is 1. The number of carbonyl (C=O) groups is 1. The number of benzene rings is 1. The highest BCUT2D eigenvalue weighted by atomic mass is 16.6. The number of nitro benzene ring substituents is 1. The molecule has 0 aliphatic carbocycles. The molecule has 1 aromatic rings. The number of non-ortho nitro benzene ring substituents is 1. The van der Waals surface area contributed by atoms with Gasteiger partial charge in [-0.3, -0.25) is 14.9 Å². The zero-order valence-corrected chi connectivity index (χ0v) is 7.58. The van der Waals surface area contributed by atoms with Crippen molar-refractivity contribution < 1.29 is 9.72 Å². The molecule has 0 atom stereocenters. The predicted molar refractivity (Wildman–Crippen MR) is 52.8 cm³/mol. The number of nitriles is 1. The highest BCUT2D eigenvalue weighted by Crippen LogP contribution is 2.14. The third-order valence-electron chi connectivity index (χ3n) is 1.66. The van der Waals surface area contributed by atoms with Gasteiger partial charge in [0.05, 0.1) is 10.5 Å². The Morgan fingerprint density at radius 2 is 2.27 bits per heavy atom. The summed E-state index contributed by atoms with van der Waals surface area (Å²) in [5, 5.41) is 18.9. The summed E-state index contributed by atoms with van der Waals surface area (Å²) in [6, 6.07) is 7.37. The zero-order valence-electron chi connectivity index (χ0n) is 7.58. The van der Waals surface area contributed by atoms with Crippen molar-refractivity contribution >= 4 is 18.0 Å². The Kier molecular flexibility index (Phi) is 3.30. The standard InChI is InChI=1S/C10H6N2O3/c11-6-9(7-13)4-8-2-1-3-10(5-8)12(14)15/h1-5,7H/b9-4+. The van der Waals surface area contributed by atoms with Crippen LogP contribution in [0.2, 0.25) is 0 Å². The van der Waals surface area contributed by atoms with Crippen molar-refractivity contribution in [2.45, 2.75) is 0 Å². The number of carbonyl (C=O) groups excluding carboxylic acids is 1. The van der Waals surface area contributed by atoms with Gasteiger partial charge in [-0.2, -0.15) is 5.26 Å². The van der Waals surface area contributed by atoms with Crippen molar-refractivity contribution in [1.29, 1.82) is 5.26 Å². The lowest BCUT2D eigenvalue weighted by Crippen LogP contribution is -1.88. The Bertz CT molecular complexity index is 472. The maximum atomic E-state index is 10.4. The lowest BCUT2D eigenvalue weighted by molar-refractivity contribution is -0.384. The van der Waals surface area contributed by atoms with Crippen molar-refractivity contribution in [3.05, 3.63) is 45.5 Å². The summed E-state index contributed by atoms with van der Waals surface area (Å²) < 4.78 is 0. The Labute approximate surface area is 85.4 Å². The van der Waals surface area contributed by atoms with Gasteiger partial charge in [0.25, 0.3) is 5.69 Å². The lowest BCUT2D eigenvalue weighted by Gasteiger charge is -1.93. The Morgan fingerprint density at radius 1 is 1.53 bits per heavy atom. The molecular formula is C10H6N2O3.